The van der Waals surface area contributed by atoms with Gasteiger partial charge in [0, 0.05) is 19.6 Å². The van der Waals surface area contributed by atoms with Gasteiger partial charge in [-0.3, -0.25) is 0 Å². The van der Waals surface area contributed by atoms with E-state index < -0.39 is 18.0 Å². The van der Waals surface area contributed by atoms with E-state index in [1.807, 2.05) is 0 Å². The first-order chi connectivity index (χ1) is 9.52. The molecule has 0 amide bonds. The lowest BCUT2D eigenvalue weighted by molar-refractivity contribution is -0.167. The van der Waals surface area contributed by atoms with Gasteiger partial charge in [0.1, 0.15) is 23.8 Å². The molecule has 3 atom stereocenters. The van der Waals surface area contributed by atoms with Crippen molar-refractivity contribution in [2.75, 3.05) is 20.3 Å². The van der Waals surface area contributed by atoms with E-state index in [4.69, 9.17) is 25.8 Å². The quantitative estimate of drug-likeness (QED) is 0.619. The summed E-state index contributed by atoms with van der Waals surface area (Å²) in [7, 11) is 1.57. The summed E-state index contributed by atoms with van der Waals surface area (Å²) in [6.07, 6.45) is -0.892. The molecular weight excluding hydrogens is 354 g/mol. The highest BCUT2D eigenvalue weighted by Gasteiger charge is 2.43. The first-order valence-electron chi connectivity index (χ1n) is 6.12. The van der Waals surface area contributed by atoms with E-state index in [1.54, 1.807) is 7.11 Å². The minimum absolute atomic E-state index is 0.0192. The second-order valence-electron chi connectivity index (χ2n) is 4.48. The molecule has 1 aromatic rings. The van der Waals surface area contributed by atoms with Crippen LogP contribution in [0.3, 0.4) is 0 Å². The number of methoxy groups -OCH3 is 1. The first-order valence-corrected chi connectivity index (χ1v) is 7.30. The standard InChI is InChI=1S/C13H15BrClFO4/c1-18-2-3-19-13-10(17)6-12(13)20-11-5-9(16)8(15)4-7(11)14/h4-5,10,12-13,17H,2-3,6H2,1H3. The van der Waals surface area contributed by atoms with E-state index in [9.17, 15) is 9.50 Å². The Bertz CT molecular complexity index is 474. The van der Waals surface area contributed by atoms with Gasteiger partial charge in [-0.2, -0.15) is 0 Å². The molecule has 0 heterocycles. The van der Waals surface area contributed by atoms with Gasteiger partial charge in [0.25, 0.3) is 0 Å². The Labute approximate surface area is 129 Å². The van der Waals surface area contributed by atoms with Crippen LogP contribution in [-0.2, 0) is 9.47 Å². The van der Waals surface area contributed by atoms with Crippen LogP contribution < -0.4 is 4.74 Å². The maximum atomic E-state index is 13.4. The van der Waals surface area contributed by atoms with Crippen molar-refractivity contribution in [2.45, 2.75) is 24.7 Å². The molecule has 0 aromatic heterocycles. The van der Waals surface area contributed by atoms with Crippen molar-refractivity contribution in [2.24, 2.45) is 0 Å². The zero-order valence-corrected chi connectivity index (χ0v) is 13.2. The van der Waals surface area contributed by atoms with Gasteiger partial charge in [0.2, 0.25) is 0 Å². The van der Waals surface area contributed by atoms with Crippen LogP contribution in [-0.4, -0.2) is 43.7 Å². The minimum atomic E-state index is -0.576. The fourth-order valence-electron chi connectivity index (χ4n) is 1.92. The average Bonchev–Trinajstić information content (AvgIpc) is 2.40. The molecule has 0 spiro atoms. The highest BCUT2D eigenvalue weighted by atomic mass is 79.9. The topological polar surface area (TPSA) is 47.9 Å². The van der Waals surface area contributed by atoms with Gasteiger partial charge in [-0.15, -0.1) is 0 Å². The van der Waals surface area contributed by atoms with E-state index in [2.05, 4.69) is 15.9 Å². The number of rotatable bonds is 6. The summed E-state index contributed by atoms with van der Waals surface area (Å²) in [6.45, 7) is 0.809. The van der Waals surface area contributed by atoms with Crippen molar-refractivity contribution in [1.29, 1.82) is 0 Å². The third-order valence-electron chi connectivity index (χ3n) is 3.07. The number of aliphatic hydroxyl groups excluding tert-OH is 1. The Kier molecular flexibility index (Phi) is 5.63. The zero-order chi connectivity index (χ0) is 14.7. The van der Waals surface area contributed by atoms with Crippen LogP contribution in [0, 0.1) is 5.82 Å². The lowest BCUT2D eigenvalue weighted by Crippen LogP contribution is -2.55. The number of aliphatic hydroxyl groups is 1. The highest BCUT2D eigenvalue weighted by molar-refractivity contribution is 9.10. The van der Waals surface area contributed by atoms with Gasteiger partial charge in [0.15, 0.2) is 0 Å². The SMILES string of the molecule is COCCOC1C(O)CC1Oc1cc(F)c(Cl)cc1Br. The van der Waals surface area contributed by atoms with Gasteiger partial charge < -0.3 is 19.3 Å². The van der Waals surface area contributed by atoms with Gasteiger partial charge >= 0.3 is 0 Å². The van der Waals surface area contributed by atoms with Crippen LogP contribution in [0.4, 0.5) is 4.39 Å². The third-order valence-corrected chi connectivity index (χ3v) is 3.98. The van der Waals surface area contributed by atoms with Crippen molar-refractivity contribution in [1.82, 2.24) is 0 Å². The molecule has 0 aliphatic heterocycles. The predicted molar refractivity (Wildman–Crippen MR) is 75.8 cm³/mol. The molecule has 2 rings (SSSR count). The molecule has 20 heavy (non-hydrogen) atoms. The van der Waals surface area contributed by atoms with Crippen molar-refractivity contribution in [3.8, 4) is 5.75 Å². The average molecular weight is 370 g/mol. The smallest absolute Gasteiger partial charge is 0.145 e. The molecule has 7 heteroatoms. The first kappa shape index (κ1) is 16.0. The van der Waals surface area contributed by atoms with Crippen molar-refractivity contribution >= 4 is 27.5 Å². The Morgan fingerprint density at radius 2 is 2.20 bits per heavy atom. The largest absolute Gasteiger partial charge is 0.486 e. The van der Waals surface area contributed by atoms with Crippen molar-refractivity contribution < 1.29 is 23.7 Å². The number of hydrogen-bond donors (Lipinski definition) is 1. The molecule has 1 aromatic carbocycles. The maximum Gasteiger partial charge on any atom is 0.145 e. The summed E-state index contributed by atoms with van der Waals surface area (Å²) in [5.74, 6) is -0.217. The summed E-state index contributed by atoms with van der Waals surface area (Å²) in [5.41, 5.74) is 0. The fraction of sp³-hybridized carbons (Fsp3) is 0.538. The second-order valence-corrected chi connectivity index (χ2v) is 5.75. The molecule has 0 bridgehead atoms. The Hall–Kier alpha value is -0.400. The predicted octanol–water partition coefficient (Wildman–Crippen LogP) is 2.79. The summed E-state index contributed by atoms with van der Waals surface area (Å²) in [6, 6.07) is 2.64. The summed E-state index contributed by atoms with van der Waals surface area (Å²) < 4.78 is 30.0. The van der Waals surface area contributed by atoms with Crippen LogP contribution >= 0.6 is 27.5 Å². The monoisotopic (exact) mass is 368 g/mol. The van der Waals surface area contributed by atoms with Gasteiger partial charge in [-0.1, -0.05) is 11.6 Å². The van der Waals surface area contributed by atoms with Gasteiger partial charge in [-0.25, -0.2) is 4.39 Å². The molecule has 1 N–H and O–H groups in total. The van der Waals surface area contributed by atoms with Gasteiger partial charge in [-0.05, 0) is 22.0 Å². The van der Waals surface area contributed by atoms with E-state index in [0.29, 0.717) is 29.9 Å². The zero-order valence-electron chi connectivity index (χ0n) is 10.8. The Balaban J connectivity index is 1.97. The lowest BCUT2D eigenvalue weighted by atomic mass is 9.88. The number of hydrogen-bond acceptors (Lipinski definition) is 4. The molecule has 0 saturated heterocycles. The molecular formula is C13H15BrClFO4. The fourth-order valence-corrected chi connectivity index (χ4v) is 2.65. The Morgan fingerprint density at radius 3 is 2.85 bits per heavy atom. The molecule has 3 unspecified atom stereocenters. The molecule has 0 radical (unpaired) electrons. The normalized spacial score (nSPS) is 25.4. The van der Waals surface area contributed by atoms with Crippen LogP contribution in [0.25, 0.3) is 0 Å². The highest BCUT2D eigenvalue weighted by Crippen LogP contribution is 2.35. The van der Waals surface area contributed by atoms with E-state index in [1.165, 1.54) is 12.1 Å². The molecule has 4 nitrogen and oxygen atoms in total. The molecule has 1 saturated carbocycles. The van der Waals surface area contributed by atoms with E-state index in [0.717, 1.165) is 0 Å². The summed E-state index contributed by atoms with van der Waals surface area (Å²) >= 11 is 8.93. The van der Waals surface area contributed by atoms with Crippen LogP contribution in [0.1, 0.15) is 6.42 Å². The Morgan fingerprint density at radius 1 is 1.45 bits per heavy atom. The number of halogens is 3. The summed E-state index contributed by atoms with van der Waals surface area (Å²) in [4.78, 5) is 0. The third kappa shape index (κ3) is 3.62. The molecule has 1 aliphatic rings. The maximum absolute atomic E-state index is 13.4. The molecule has 112 valence electrons. The van der Waals surface area contributed by atoms with Crippen LogP contribution in [0.2, 0.25) is 5.02 Å². The molecule has 1 aliphatic carbocycles. The van der Waals surface area contributed by atoms with Gasteiger partial charge in [0.05, 0.1) is 28.8 Å². The number of benzene rings is 1. The molecule has 1 fully saturated rings. The van der Waals surface area contributed by atoms with E-state index >= 15 is 0 Å². The van der Waals surface area contributed by atoms with Crippen molar-refractivity contribution in [3.05, 3.63) is 27.4 Å². The minimum Gasteiger partial charge on any atom is -0.486 e. The van der Waals surface area contributed by atoms with Crippen molar-refractivity contribution in [3.63, 3.8) is 0 Å². The second kappa shape index (κ2) is 7.04. The van der Waals surface area contributed by atoms with Crippen LogP contribution in [0.15, 0.2) is 16.6 Å². The van der Waals surface area contributed by atoms with E-state index in [-0.39, 0.29) is 11.1 Å². The van der Waals surface area contributed by atoms with Crippen LogP contribution in [0.5, 0.6) is 5.75 Å². The summed E-state index contributed by atoms with van der Waals surface area (Å²) in [5, 5.41) is 9.69. The lowest BCUT2D eigenvalue weighted by Gasteiger charge is -2.40. The number of ether oxygens (including phenoxy) is 3.